The summed E-state index contributed by atoms with van der Waals surface area (Å²) in [5, 5.41) is 12.2. The van der Waals surface area contributed by atoms with Gasteiger partial charge in [-0.25, -0.2) is 9.67 Å². The number of oxazole rings is 1. The Hall–Kier alpha value is -2.33. The van der Waals surface area contributed by atoms with Gasteiger partial charge >= 0.3 is 0 Å². The van der Waals surface area contributed by atoms with Crippen molar-refractivity contribution in [2.24, 2.45) is 0 Å². The molecule has 1 amide bonds. The maximum absolute atomic E-state index is 12.8. The van der Waals surface area contributed by atoms with E-state index in [0.29, 0.717) is 31.9 Å². The molecule has 25 heavy (non-hydrogen) atoms. The Bertz CT molecular complexity index is 741. The van der Waals surface area contributed by atoms with E-state index in [1.807, 2.05) is 14.1 Å². The number of hydrogen-bond donors (Lipinski definition) is 0. The number of aryl methyl sites for hydroxylation is 1. The number of rotatable bonds is 6. The lowest BCUT2D eigenvalue weighted by Crippen LogP contribution is -2.47. The Kier molecular flexibility index (Phi) is 4.82. The highest BCUT2D eigenvalue weighted by Gasteiger charge is 2.47. The first-order valence-electron chi connectivity index (χ1n) is 8.12. The second kappa shape index (κ2) is 6.89. The van der Waals surface area contributed by atoms with Crippen molar-refractivity contribution >= 4 is 5.91 Å². The molecule has 2 aromatic rings. The number of aromatic nitrogens is 5. The summed E-state index contributed by atoms with van der Waals surface area (Å²) in [6, 6.07) is 0. The molecule has 1 aliphatic rings. The van der Waals surface area contributed by atoms with E-state index in [-0.39, 0.29) is 11.7 Å². The molecule has 2 aromatic heterocycles. The van der Waals surface area contributed by atoms with Crippen LogP contribution in [0.1, 0.15) is 28.5 Å². The van der Waals surface area contributed by atoms with E-state index >= 15 is 0 Å². The summed E-state index contributed by atoms with van der Waals surface area (Å²) in [5.74, 6) is 0.863. The average molecular weight is 349 g/mol. The van der Waals surface area contributed by atoms with Crippen molar-refractivity contribution in [2.45, 2.75) is 25.4 Å². The molecule has 3 heterocycles. The van der Waals surface area contributed by atoms with Gasteiger partial charge < -0.3 is 14.1 Å². The van der Waals surface area contributed by atoms with E-state index < -0.39 is 5.54 Å². The molecule has 1 fully saturated rings. The predicted octanol–water partition coefficient (Wildman–Crippen LogP) is -0.0811. The van der Waals surface area contributed by atoms with E-state index in [2.05, 4.69) is 25.4 Å². The molecule has 0 aliphatic carbocycles. The average Bonchev–Trinajstić information content (AvgIpc) is 3.31. The van der Waals surface area contributed by atoms with Gasteiger partial charge in [0.2, 0.25) is 5.76 Å². The first-order chi connectivity index (χ1) is 12.0. The summed E-state index contributed by atoms with van der Waals surface area (Å²) in [5.41, 5.74) is 0.137. The lowest BCUT2D eigenvalue weighted by molar-refractivity contribution is 0.0705. The van der Waals surface area contributed by atoms with Crippen molar-refractivity contribution in [2.75, 3.05) is 40.9 Å². The Balaban J connectivity index is 1.87. The topological polar surface area (TPSA) is 102 Å². The van der Waals surface area contributed by atoms with Gasteiger partial charge in [-0.1, -0.05) is 0 Å². The lowest BCUT2D eigenvalue weighted by Gasteiger charge is -2.34. The van der Waals surface area contributed by atoms with Crippen LogP contribution < -0.4 is 0 Å². The third kappa shape index (κ3) is 3.02. The molecule has 0 N–H and O–H groups in total. The standard InChI is InChI=1S/C15H23N7O3/c1-11-12(25-10-16-11)13(23)21-6-5-15(9-21,20(2)3)14-17-18-19-22(14)7-8-24-4/h10H,5-9H2,1-4H3. The molecule has 10 nitrogen and oxygen atoms in total. The van der Waals surface area contributed by atoms with Crippen molar-refractivity contribution in [3.63, 3.8) is 0 Å². The molecule has 0 bridgehead atoms. The van der Waals surface area contributed by atoms with Gasteiger partial charge in [0.05, 0.1) is 18.8 Å². The monoisotopic (exact) mass is 349 g/mol. The van der Waals surface area contributed by atoms with E-state index in [9.17, 15) is 4.79 Å². The van der Waals surface area contributed by atoms with Crippen LogP contribution in [0.5, 0.6) is 0 Å². The molecular weight excluding hydrogens is 326 g/mol. The van der Waals surface area contributed by atoms with Gasteiger partial charge in [0.25, 0.3) is 5.91 Å². The number of methoxy groups -OCH3 is 1. The third-order valence-electron chi connectivity index (χ3n) is 4.79. The number of ether oxygens (including phenoxy) is 1. The van der Waals surface area contributed by atoms with Crippen LogP contribution in [0.3, 0.4) is 0 Å². The molecule has 0 aromatic carbocycles. The quantitative estimate of drug-likeness (QED) is 0.713. The summed E-state index contributed by atoms with van der Waals surface area (Å²) in [4.78, 5) is 20.6. The highest BCUT2D eigenvalue weighted by atomic mass is 16.5. The zero-order chi connectivity index (χ0) is 18.0. The lowest BCUT2D eigenvalue weighted by atomic mass is 9.96. The Labute approximate surface area is 145 Å². The summed E-state index contributed by atoms with van der Waals surface area (Å²) in [7, 11) is 5.59. The molecule has 0 spiro atoms. The minimum atomic E-state index is -0.458. The van der Waals surface area contributed by atoms with Crippen LogP contribution >= 0.6 is 0 Å². The second-order valence-electron chi connectivity index (χ2n) is 6.39. The number of hydrogen-bond acceptors (Lipinski definition) is 8. The fourth-order valence-electron chi connectivity index (χ4n) is 3.23. The van der Waals surface area contributed by atoms with E-state index in [1.165, 1.54) is 6.39 Å². The number of tetrazole rings is 1. The van der Waals surface area contributed by atoms with Crippen molar-refractivity contribution in [1.82, 2.24) is 35.0 Å². The van der Waals surface area contributed by atoms with Gasteiger partial charge in [0, 0.05) is 20.2 Å². The fraction of sp³-hybridized carbons (Fsp3) is 0.667. The van der Waals surface area contributed by atoms with Gasteiger partial charge in [-0.15, -0.1) is 5.10 Å². The molecule has 1 aliphatic heterocycles. The zero-order valence-electron chi connectivity index (χ0n) is 15.0. The van der Waals surface area contributed by atoms with E-state index in [0.717, 1.165) is 12.2 Å². The van der Waals surface area contributed by atoms with Crippen molar-refractivity contribution in [3.05, 3.63) is 23.7 Å². The van der Waals surface area contributed by atoms with Gasteiger partial charge in [0.15, 0.2) is 12.2 Å². The maximum atomic E-state index is 12.8. The summed E-state index contributed by atoms with van der Waals surface area (Å²) >= 11 is 0. The molecule has 10 heteroatoms. The molecular formula is C15H23N7O3. The Morgan fingerprint density at radius 1 is 1.48 bits per heavy atom. The number of likely N-dealkylation sites (N-methyl/N-ethyl adjacent to an activating group) is 1. The van der Waals surface area contributed by atoms with Crippen molar-refractivity contribution in [1.29, 1.82) is 0 Å². The SMILES string of the molecule is COCCn1nnnc1C1(N(C)C)CCN(C(=O)c2ocnc2C)C1. The first kappa shape index (κ1) is 17.5. The van der Waals surface area contributed by atoms with Crippen LogP contribution in [0, 0.1) is 6.92 Å². The number of likely N-dealkylation sites (tertiary alicyclic amines) is 1. The molecule has 0 radical (unpaired) electrons. The molecule has 0 saturated carbocycles. The normalized spacial score (nSPS) is 20.6. The van der Waals surface area contributed by atoms with E-state index in [4.69, 9.17) is 9.15 Å². The zero-order valence-corrected chi connectivity index (χ0v) is 15.0. The van der Waals surface area contributed by atoms with Crippen molar-refractivity contribution in [3.8, 4) is 0 Å². The van der Waals surface area contributed by atoms with Crippen LogP contribution in [0.25, 0.3) is 0 Å². The van der Waals surface area contributed by atoms with Crippen LogP contribution in [-0.2, 0) is 16.8 Å². The molecule has 1 atom stereocenters. The minimum absolute atomic E-state index is 0.158. The number of amides is 1. The molecule has 1 saturated heterocycles. The van der Waals surface area contributed by atoms with Gasteiger partial charge in [-0.2, -0.15) is 0 Å². The van der Waals surface area contributed by atoms with Gasteiger partial charge in [-0.05, 0) is 37.9 Å². The van der Waals surface area contributed by atoms with Crippen molar-refractivity contribution < 1.29 is 13.9 Å². The first-order valence-corrected chi connectivity index (χ1v) is 8.12. The molecule has 3 rings (SSSR count). The Morgan fingerprint density at radius 3 is 2.92 bits per heavy atom. The maximum Gasteiger partial charge on any atom is 0.291 e. The highest BCUT2D eigenvalue weighted by molar-refractivity contribution is 5.92. The fourth-order valence-corrected chi connectivity index (χ4v) is 3.23. The summed E-state index contributed by atoms with van der Waals surface area (Å²) in [6.07, 6.45) is 2.02. The number of carbonyl (C=O) groups is 1. The smallest absolute Gasteiger partial charge is 0.291 e. The minimum Gasteiger partial charge on any atom is -0.438 e. The second-order valence-corrected chi connectivity index (χ2v) is 6.39. The third-order valence-corrected chi connectivity index (χ3v) is 4.79. The number of carbonyl (C=O) groups excluding carboxylic acids is 1. The van der Waals surface area contributed by atoms with Gasteiger partial charge in [-0.3, -0.25) is 9.69 Å². The van der Waals surface area contributed by atoms with Gasteiger partial charge in [0.1, 0.15) is 5.54 Å². The van der Waals surface area contributed by atoms with Crippen LogP contribution in [0.15, 0.2) is 10.8 Å². The molecule has 136 valence electrons. The van der Waals surface area contributed by atoms with Crippen LogP contribution in [0.2, 0.25) is 0 Å². The van der Waals surface area contributed by atoms with Crippen LogP contribution in [-0.4, -0.2) is 81.8 Å². The molecule has 1 unspecified atom stereocenters. The predicted molar refractivity (Wildman–Crippen MR) is 86.8 cm³/mol. The Morgan fingerprint density at radius 2 is 2.28 bits per heavy atom. The summed E-state index contributed by atoms with van der Waals surface area (Å²) in [6.45, 7) is 3.91. The van der Waals surface area contributed by atoms with E-state index in [1.54, 1.807) is 23.6 Å². The number of nitrogens with zero attached hydrogens (tertiary/aromatic N) is 7. The summed E-state index contributed by atoms with van der Waals surface area (Å²) < 4.78 is 12.1. The van der Waals surface area contributed by atoms with Crippen LogP contribution in [0.4, 0.5) is 0 Å². The largest absolute Gasteiger partial charge is 0.438 e. The highest BCUT2D eigenvalue weighted by Crippen LogP contribution is 2.35.